The van der Waals surface area contributed by atoms with E-state index in [0.29, 0.717) is 0 Å². The Bertz CT molecular complexity index is 812. The first-order chi connectivity index (χ1) is 10.2. The molecule has 0 aliphatic carbocycles. The summed E-state index contributed by atoms with van der Waals surface area (Å²) in [4.78, 5) is 17.8. The lowest BCUT2D eigenvalue weighted by Gasteiger charge is -2.12. The first-order valence-corrected chi connectivity index (χ1v) is 7.61. The molecule has 3 aromatic rings. The van der Waals surface area contributed by atoms with Crippen molar-refractivity contribution in [3.63, 3.8) is 0 Å². The highest BCUT2D eigenvalue weighted by Gasteiger charge is 2.16. The minimum Gasteiger partial charge on any atom is -0.294 e. The van der Waals surface area contributed by atoms with Crippen molar-refractivity contribution in [1.29, 1.82) is 0 Å². The number of ketones is 1. The van der Waals surface area contributed by atoms with E-state index in [1.54, 1.807) is 6.92 Å². The molecule has 104 valence electrons. The number of aryl methyl sites for hydroxylation is 1. The fraction of sp³-hybridized carbons (Fsp3) is 0.111. The van der Waals surface area contributed by atoms with Crippen molar-refractivity contribution < 1.29 is 4.79 Å². The van der Waals surface area contributed by atoms with E-state index >= 15 is 0 Å². The summed E-state index contributed by atoms with van der Waals surface area (Å²) in [6, 6.07) is 18.0. The Morgan fingerprint density at radius 3 is 2.38 bits per heavy atom. The summed E-state index contributed by atoms with van der Waals surface area (Å²) in [6.07, 6.45) is 0. The monoisotopic (exact) mass is 293 g/mol. The normalized spacial score (nSPS) is 10.8. The second-order valence-corrected chi connectivity index (χ2v) is 5.97. The average Bonchev–Trinajstić information content (AvgIpc) is 2.48. The van der Waals surface area contributed by atoms with Gasteiger partial charge in [-0.15, -0.1) is 0 Å². The highest BCUT2D eigenvalue weighted by Crippen LogP contribution is 2.33. The van der Waals surface area contributed by atoms with E-state index in [1.165, 1.54) is 11.8 Å². The van der Waals surface area contributed by atoms with Crippen molar-refractivity contribution in [2.45, 2.75) is 23.8 Å². The van der Waals surface area contributed by atoms with Gasteiger partial charge in [0, 0.05) is 10.3 Å². The van der Waals surface area contributed by atoms with Gasteiger partial charge in [0.25, 0.3) is 0 Å². The molecule has 1 heterocycles. The van der Waals surface area contributed by atoms with Crippen LogP contribution in [0.3, 0.4) is 0 Å². The average molecular weight is 293 g/mol. The topological polar surface area (TPSA) is 30.0 Å². The Morgan fingerprint density at radius 2 is 1.67 bits per heavy atom. The molecule has 1 aromatic heterocycles. The van der Waals surface area contributed by atoms with Gasteiger partial charge in [-0.25, -0.2) is 4.98 Å². The molecular formula is C18H15NOS. The number of nitrogens with zero attached hydrogens (tertiary/aromatic N) is 1. The van der Waals surface area contributed by atoms with Crippen molar-refractivity contribution >= 4 is 28.4 Å². The third kappa shape index (κ3) is 2.69. The van der Waals surface area contributed by atoms with Crippen LogP contribution in [-0.2, 0) is 0 Å². The second kappa shape index (κ2) is 5.70. The molecular weight excluding hydrogens is 278 g/mol. The highest BCUT2D eigenvalue weighted by atomic mass is 32.2. The van der Waals surface area contributed by atoms with E-state index < -0.39 is 0 Å². The van der Waals surface area contributed by atoms with Crippen LogP contribution in [0.4, 0.5) is 0 Å². The first-order valence-electron chi connectivity index (χ1n) is 6.80. The number of carbonyl (C=O) groups excluding carboxylic acids is 1. The van der Waals surface area contributed by atoms with Crippen molar-refractivity contribution in [3.8, 4) is 0 Å². The van der Waals surface area contributed by atoms with Crippen LogP contribution in [-0.4, -0.2) is 10.8 Å². The molecule has 0 radical (unpaired) electrons. The lowest BCUT2D eigenvalue weighted by Crippen LogP contribution is -2.02. The number of fused-ring (bicyclic) bond motifs is 1. The molecule has 0 N–H and O–H groups in total. The summed E-state index contributed by atoms with van der Waals surface area (Å²) < 4.78 is 0. The minimum atomic E-state index is 0.0594. The van der Waals surface area contributed by atoms with Gasteiger partial charge in [-0.1, -0.05) is 48.2 Å². The Hall–Kier alpha value is -2.13. The third-order valence-corrected chi connectivity index (χ3v) is 4.43. The maximum absolute atomic E-state index is 12.1. The van der Waals surface area contributed by atoms with Crippen LogP contribution in [0.1, 0.15) is 22.8 Å². The lowest BCUT2D eigenvalue weighted by molar-refractivity contribution is 0.101. The van der Waals surface area contributed by atoms with E-state index in [1.807, 2.05) is 61.5 Å². The van der Waals surface area contributed by atoms with Gasteiger partial charge in [-0.05, 0) is 37.6 Å². The van der Waals surface area contributed by atoms with Gasteiger partial charge in [-0.3, -0.25) is 4.79 Å². The zero-order valence-electron chi connectivity index (χ0n) is 12.0. The largest absolute Gasteiger partial charge is 0.294 e. The maximum atomic E-state index is 12.1. The predicted octanol–water partition coefficient (Wildman–Crippen LogP) is 4.90. The first kappa shape index (κ1) is 13.8. The van der Waals surface area contributed by atoms with Crippen LogP contribution in [0.2, 0.25) is 0 Å². The van der Waals surface area contributed by atoms with Crippen molar-refractivity contribution in [2.24, 2.45) is 0 Å². The number of hydrogen-bond acceptors (Lipinski definition) is 3. The van der Waals surface area contributed by atoms with E-state index in [9.17, 15) is 4.79 Å². The molecule has 0 atom stereocenters. The fourth-order valence-corrected chi connectivity index (χ4v) is 3.50. The van der Waals surface area contributed by atoms with E-state index in [2.05, 4.69) is 0 Å². The molecule has 0 saturated carbocycles. The summed E-state index contributed by atoms with van der Waals surface area (Å²) in [5, 5.41) is 1.82. The number of Topliss-reactive ketones (excluding diaryl/α,β-unsaturated/α-hetero) is 1. The predicted molar refractivity (Wildman–Crippen MR) is 87.0 cm³/mol. The Kier molecular flexibility index (Phi) is 3.76. The second-order valence-electron chi connectivity index (χ2n) is 4.91. The molecule has 2 nitrogen and oxygen atoms in total. The van der Waals surface area contributed by atoms with Crippen molar-refractivity contribution in [3.05, 3.63) is 65.7 Å². The van der Waals surface area contributed by atoms with Crippen LogP contribution in [0.25, 0.3) is 10.9 Å². The number of rotatable bonds is 3. The van der Waals surface area contributed by atoms with Crippen LogP contribution < -0.4 is 0 Å². The van der Waals surface area contributed by atoms with Gasteiger partial charge < -0.3 is 0 Å². The van der Waals surface area contributed by atoms with Crippen LogP contribution >= 0.6 is 11.8 Å². The van der Waals surface area contributed by atoms with Gasteiger partial charge in [0.05, 0.1) is 11.1 Å². The zero-order chi connectivity index (χ0) is 14.8. The molecule has 3 heteroatoms. The molecule has 0 aliphatic heterocycles. The number of aromatic nitrogens is 1. The minimum absolute atomic E-state index is 0.0594. The number of para-hydroxylation sites is 1. The Balaban J connectivity index is 2.20. The quantitative estimate of drug-likeness (QED) is 0.643. The summed E-state index contributed by atoms with van der Waals surface area (Å²) in [5.41, 5.74) is 2.66. The lowest BCUT2D eigenvalue weighted by atomic mass is 10.0. The van der Waals surface area contributed by atoms with E-state index in [0.717, 1.165) is 32.0 Å². The molecule has 0 unspecified atom stereocenters. The highest BCUT2D eigenvalue weighted by molar-refractivity contribution is 7.99. The molecule has 2 aromatic carbocycles. The Morgan fingerprint density at radius 1 is 1.00 bits per heavy atom. The molecule has 0 spiro atoms. The molecule has 0 amide bonds. The van der Waals surface area contributed by atoms with E-state index in [-0.39, 0.29) is 5.78 Å². The summed E-state index contributed by atoms with van der Waals surface area (Å²) in [6.45, 7) is 3.60. The number of hydrogen-bond donors (Lipinski definition) is 0. The van der Waals surface area contributed by atoms with Gasteiger partial charge in [0.1, 0.15) is 5.03 Å². The molecule has 3 rings (SSSR count). The van der Waals surface area contributed by atoms with Gasteiger partial charge in [0.15, 0.2) is 5.78 Å². The molecule has 21 heavy (non-hydrogen) atoms. The molecule has 0 aliphatic rings. The standard InChI is InChI=1S/C18H15NOS/c1-12-15-10-6-7-11-16(15)19-18(17(12)13(2)20)21-14-8-4-3-5-9-14/h3-11H,1-2H3. The van der Waals surface area contributed by atoms with Gasteiger partial charge in [0.2, 0.25) is 0 Å². The molecule has 0 saturated heterocycles. The maximum Gasteiger partial charge on any atom is 0.162 e. The fourth-order valence-electron chi connectivity index (χ4n) is 2.44. The summed E-state index contributed by atoms with van der Waals surface area (Å²) in [7, 11) is 0. The third-order valence-electron chi connectivity index (χ3n) is 3.43. The summed E-state index contributed by atoms with van der Waals surface area (Å²) in [5.74, 6) is 0.0594. The Labute approximate surface area is 128 Å². The van der Waals surface area contributed by atoms with Gasteiger partial charge >= 0.3 is 0 Å². The van der Waals surface area contributed by atoms with Crippen molar-refractivity contribution in [1.82, 2.24) is 4.98 Å². The van der Waals surface area contributed by atoms with Crippen LogP contribution in [0, 0.1) is 6.92 Å². The number of pyridine rings is 1. The van der Waals surface area contributed by atoms with Crippen molar-refractivity contribution in [2.75, 3.05) is 0 Å². The SMILES string of the molecule is CC(=O)c1c(Sc2ccccc2)nc2ccccc2c1C. The van der Waals surface area contributed by atoms with Crippen LogP contribution in [0.15, 0.2) is 64.5 Å². The van der Waals surface area contributed by atoms with Crippen LogP contribution in [0.5, 0.6) is 0 Å². The zero-order valence-corrected chi connectivity index (χ0v) is 12.8. The number of benzene rings is 2. The number of carbonyl (C=O) groups is 1. The molecule has 0 bridgehead atoms. The molecule has 0 fully saturated rings. The summed E-state index contributed by atoms with van der Waals surface area (Å²) >= 11 is 1.54. The van der Waals surface area contributed by atoms with Gasteiger partial charge in [-0.2, -0.15) is 0 Å². The smallest absolute Gasteiger partial charge is 0.162 e. The van der Waals surface area contributed by atoms with E-state index in [4.69, 9.17) is 4.98 Å².